The molecule has 176 valence electrons. The lowest BCUT2D eigenvalue weighted by molar-refractivity contribution is -0.102. The highest BCUT2D eigenvalue weighted by Crippen LogP contribution is 2.43. The average molecular weight is 485 g/mol. The molecule has 3 aromatic rings. The van der Waals surface area contributed by atoms with Crippen molar-refractivity contribution in [3.63, 3.8) is 0 Å². The Balaban J connectivity index is 1.62. The molecule has 1 N–H and O–H groups in total. The number of nitrogens with one attached hydrogen (secondary N) is 1. The van der Waals surface area contributed by atoms with Crippen molar-refractivity contribution in [1.29, 1.82) is 0 Å². The summed E-state index contributed by atoms with van der Waals surface area (Å²) < 4.78 is 33.8. The monoisotopic (exact) mass is 484 g/mol. The molecule has 2 heterocycles. The predicted molar refractivity (Wildman–Crippen MR) is 122 cm³/mol. The van der Waals surface area contributed by atoms with E-state index in [4.69, 9.17) is 26.4 Å². The normalized spacial score (nSPS) is 23.9. The zero-order chi connectivity index (χ0) is 24.3. The maximum atomic E-state index is 15.8. The molecular formula is C24H21FN2O6S. The lowest BCUT2D eigenvalue weighted by Crippen LogP contribution is -2.46. The van der Waals surface area contributed by atoms with Crippen molar-refractivity contribution in [2.45, 2.75) is 31.0 Å². The molecule has 4 atom stereocenters. The molecule has 1 saturated heterocycles. The fourth-order valence-electron chi connectivity index (χ4n) is 3.71. The van der Waals surface area contributed by atoms with Crippen LogP contribution in [0.4, 0.5) is 4.39 Å². The molecule has 1 fully saturated rings. The van der Waals surface area contributed by atoms with Crippen LogP contribution in [-0.2, 0) is 14.2 Å². The van der Waals surface area contributed by atoms with Crippen molar-refractivity contribution in [1.82, 2.24) is 9.55 Å². The van der Waals surface area contributed by atoms with Gasteiger partial charge in [-0.3, -0.25) is 14.3 Å². The van der Waals surface area contributed by atoms with Crippen molar-refractivity contribution in [2.75, 3.05) is 6.61 Å². The van der Waals surface area contributed by atoms with Crippen LogP contribution in [0.25, 0.3) is 0 Å². The van der Waals surface area contributed by atoms with E-state index in [2.05, 4.69) is 4.98 Å². The zero-order valence-electron chi connectivity index (χ0n) is 18.1. The van der Waals surface area contributed by atoms with Gasteiger partial charge in [0, 0.05) is 12.3 Å². The van der Waals surface area contributed by atoms with Gasteiger partial charge in [-0.25, -0.2) is 14.0 Å². The Bertz CT molecular complexity index is 1300. The Morgan fingerprint density at radius 2 is 1.65 bits per heavy atom. The lowest BCUT2D eigenvalue weighted by atomic mass is 9.97. The first-order chi connectivity index (χ1) is 16.3. The quantitative estimate of drug-likeness (QED) is 0.421. The van der Waals surface area contributed by atoms with E-state index in [1.165, 1.54) is 35.9 Å². The van der Waals surface area contributed by atoms with Gasteiger partial charge in [-0.2, -0.15) is 0 Å². The highest BCUT2D eigenvalue weighted by Gasteiger charge is 2.59. The van der Waals surface area contributed by atoms with Crippen molar-refractivity contribution < 1.29 is 28.2 Å². The molecule has 1 aromatic heterocycles. The highest BCUT2D eigenvalue weighted by atomic mass is 32.1. The second-order valence-corrected chi connectivity index (χ2v) is 8.24. The summed E-state index contributed by atoms with van der Waals surface area (Å²) >= 11 is 5.21. The third-order valence-corrected chi connectivity index (χ3v) is 5.80. The molecule has 2 aromatic carbocycles. The summed E-state index contributed by atoms with van der Waals surface area (Å²) in [7, 11) is 0. The third-order valence-electron chi connectivity index (χ3n) is 5.48. The molecule has 0 saturated carbocycles. The first-order valence-electron chi connectivity index (χ1n) is 10.4. The summed E-state index contributed by atoms with van der Waals surface area (Å²) in [5.74, 6) is -1.42. The van der Waals surface area contributed by atoms with E-state index in [0.717, 1.165) is 0 Å². The number of halogens is 1. The molecule has 8 nitrogen and oxygen atoms in total. The number of ether oxygens (including phenoxy) is 3. The van der Waals surface area contributed by atoms with Gasteiger partial charge in [0.1, 0.15) is 12.7 Å². The Morgan fingerprint density at radius 3 is 2.24 bits per heavy atom. The van der Waals surface area contributed by atoms with Crippen LogP contribution in [0.1, 0.15) is 33.9 Å². The minimum absolute atomic E-state index is 0.0476. The fourth-order valence-corrected chi connectivity index (χ4v) is 3.96. The van der Waals surface area contributed by atoms with Gasteiger partial charge in [-0.1, -0.05) is 36.4 Å². The summed E-state index contributed by atoms with van der Waals surface area (Å²) in [6.07, 6.45) is -3.06. The van der Waals surface area contributed by atoms with E-state index >= 15 is 4.39 Å². The number of hydrogen-bond acceptors (Lipinski definition) is 7. The first-order valence-corrected chi connectivity index (χ1v) is 10.8. The Morgan fingerprint density at radius 1 is 1.06 bits per heavy atom. The number of nitrogens with zero attached hydrogens (tertiary/aromatic N) is 1. The second-order valence-electron chi connectivity index (χ2n) is 7.85. The van der Waals surface area contributed by atoms with E-state index in [-0.39, 0.29) is 10.3 Å². The number of esters is 2. The predicted octanol–water partition coefficient (Wildman–Crippen LogP) is 3.61. The number of alkyl halides is 1. The molecule has 0 amide bonds. The van der Waals surface area contributed by atoms with E-state index < -0.39 is 48.2 Å². The standard InChI is InChI=1S/C24H21FN2O6S/c1-24(33-21(30)16-10-6-3-7-11-16)19(25)17(14-31-20(29)15-8-4-2-5-9-15)32-22(24)27-13-12-18(28)26-23(27)34/h2-13,17,19,22H,14H2,1H3,(H,26,28,34)/t17-,19?,22-,24-/m1/s1. The van der Waals surface area contributed by atoms with Crippen molar-refractivity contribution in [2.24, 2.45) is 0 Å². The summed E-state index contributed by atoms with van der Waals surface area (Å²) in [4.78, 5) is 39.2. The van der Waals surface area contributed by atoms with Crippen LogP contribution in [0, 0.1) is 4.77 Å². The Labute approximate surface area is 198 Å². The van der Waals surface area contributed by atoms with Gasteiger partial charge in [0.05, 0.1) is 11.1 Å². The summed E-state index contributed by atoms with van der Waals surface area (Å²) in [6.45, 7) is 0.940. The van der Waals surface area contributed by atoms with Crippen molar-refractivity contribution in [3.05, 3.63) is 99.2 Å². The van der Waals surface area contributed by atoms with Crippen LogP contribution in [0.3, 0.4) is 0 Å². The highest BCUT2D eigenvalue weighted by molar-refractivity contribution is 7.71. The van der Waals surface area contributed by atoms with E-state index in [1.54, 1.807) is 48.5 Å². The van der Waals surface area contributed by atoms with Crippen LogP contribution in [0.2, 0.25) is 0 Å². The number of carbonyl (C=O) groups excluding carboxylic acids is 2. The third kappa shape index (κ3) is 4.68. The van der Waals surface area contributed by atoms with Crippen molar-refractivity contribution >= 4 is 24.2 Å². The van der Waals surface area contributed by atoms with Gasteiger partial charge < -0.3 is 14.2 Å². The molecule has 1 aliphatic rings. The fraction of sp³-hybridized carbons (Fsp3) is 0.250. The number of rotatable bonds is 6. The van der Waals surface area contributed by atoms with E-state index in [1.807, 2.05) is 0 Å². The average Bonchev–Trinajstić information content (AvgIpc) is 3.08. The maximum absolute atomic E-state index is 15.8. The van der Waals surface area contributed by atoms with Gasteiger partial charge in [-0.15, -0.1) is 0 Å². The molecule has 10 heteroatoms. The minimum Gasteiger partial charge on any atom is -0.459 e. The molecular weight excluding hydrogens is 463 g/mol. The first kappa shape index (κ1) is 23.5. The van der Waals surface area contributed by atoms with Crippen LogP contribution >= 0.6 is 12.2 Å². The topological polar surface area (TPSA) is 99.6 Å². The Hall–Kier alpha value is -3.63. The van der Waals surface area contributed by atoms with Gasteiger partial charge in [-0.05, 0) is 43.4 Å². The van der Waals surface area contributed by atoms with Crippen LogP contribution in [0.15, 0.2) is 77.7 Å². The van der Waals surface area contributed by atoms with Gasteiger partial charge in [0.25, 0.3) is 5.56 Å². The molecule has 34 heavy (non-hydrogen) atoms. The number of benzene rings is 2. The van der Waals surface area contributed by atoms with Gasteiger partial charge in [0.2, 0.25) is 0 Å². The number of aromatic amines is 1. The maximum Gasteiger partial charge on any atom is 0.338 e. The van der Waals surface area contributed by atoms with Gasteiger partial charge >= 0.3 is 11.9 Å². The smallest absolute Gasteiger partial charge is 0.338 e. The second kappa shape index (κ2) is 9.70. The molecule has 4 rings (SSSR count). The lowest BCUT2D eigenvalue weighted by Gasteiger charge is -2.32. The number of aromatic nitrogens is 2. The summed E-state index contributed by atoms with van der Waals surface area (Å²) in [5, 5.41) is 0. The SMILES string of the molecule is C[C@@]1(OC(=O)c2ccccc2)C(F)[C@@H](COC(=O)c2ccccc2)O[C@H]1n1ccc(=O)[nH]c1=S. The minimum atomic E-state index is -1.89. The van der Waals surface area contributed by atoms with E-state index in [9.17, 15) is 14.4 Å². The van der Waals surface area contributed by atoms with Crippen LogP contribution < -0.4 is 5.56 Å². The molecule has 1 unspecified atom stereocenters. The van der Waals surface area contributed by atoms with Crippen LogP contribution in [-0.4, -0.2) is 46.0 Å². The largest absolute Gasteiger partial charge is 0.459 e. The Kier molecular flexibility index (Phi) is 6.71. The molecule has 1 aliphatic heterocycles. The summed E-state index contributed by atoms with van der Waals surface area (Å²) in [6, 6.07) is 17.5. The number of carbonyl (C=O) groups is 2. The molecule has 0 aliphatic carbocycles. The van der Waals surface area contributed by atoms with Crippen molar-refractivity contribution in [3.8, 4) is 0 Å². The number of H-pyrrole nitrogens is 1. The molecule has 0 bridgehead atoms. The number of hydrogen-bond donors (Lipinski definition) is 1. The summed E-state index contributed by atoms with van der Waals surface area (Å²) in [5.41, 5.74) is -1.78. The molecule has 0 spiro atoms. The zero-order valence-corrected chi connectivity index (χ0v) is 18.9. The van der Waals surface area contributed by atoms with E-state index in [0.29, 0.717) is 5.56 Å². The van der Waals surface area contributed by atoms with Crippen LogP contribution in [0.5, 0.6) is 0 Å². The molecule has 0 radical (unpaired) electrons. The van der Waals surface area contributed by atoms with Gasteiger partial charge in [0.15, 0.2) is 22.8 Å².